The maximum absolute atomic E-state index is 15.0. The Kier molecular flexibility index (Phi) is 8.21. The molecule has 2 N–H and O–H groups in total. The summed E-state index contributed by atoms with van der Waals surface area (Å²) in [5, 5.41) is 23.2. The molecule has 2 aromatic carbocycles. The number of hydrogen-bond donors (Lipinski definition) is 2. The van der Waals surface area contributed by atoms with Crippen LogP contribution < -0.4 is 10.1 Å². The molecule has 1 aliphatic heterocycles. The summed E-state index contributed by atoms with van der Waals surface area (Å²) in [5.74, 6) is 0.849. The van der Waals surface area contributed by atoms with Crippen LogP contribution in [-0.4, -0.2) is 62.0 Å². The number of ether oxygens (including phenoxy) is 2. The van der Waals surface area contributed by atoms with E-state index < -0.39 is 29.6 Å². The molecule has 4 rings (SSSR count). The molecule has 1 fully saturated rings. The molecule has 11 heteroatoms. The van der Waals surface area contributed by atoms with Gasteiger partial charge in [-0.15, -0.1) is 0 Å². The van der Waals surface area contributed by atoms with Gasteiger partial charge in [0.15, 0.2) is 12.0 Å². The van der Waals surface area contributed by atoms with Gasteiger partial charge in [0, 0.05) is 24.2 Å². The van der Waals surface area contributed by atoms with Gasteiger partial charge in [0.1, 0.15) is 29.9 Å². The first-order chi connectivity index (χ1) is 18.8. The Morgan fingerprint density at radius 1 is 1.18 bits per heavy atom. The van der Waals surface area contributed by atoms with Gasteiger partial charge in [-0.2, -0.15) is 10.2 Å². The monoisotopic (exact) mass is 548 g/mol. The van der Waals surface area contributed by atoms with Crippen molar-refractivity contribution >= 4 is 17.7 Å². The van der Waals surface area contributed by atoms with E-state index in [1.54, 1.807) is 58.9 Å². The summed E-state index contributed by atoms with van der Waals surface area (Å²) >= 11 is 0. The normalized spacial score (nSPS) is 17.6. The summed E-state index contributed by atoms with van der Waals surface area (Å²) in [5.41, 5.74) is 0.500. The zero-order valence-electron chi connectivity index (χ0n) is 23.2. The predicted molar refractivity (Wildman–Crippen MR) is 147 cm³/mol. The van der Waals surface area contributed by atoms with Gasteiger partial charge >= 0.3 is 6.09 Å². The number of alkyl halides is 1. The van der Waals surface area contributed by atoms with Crippen molar-refractivity contribution < 1.29 is 23.8 Å². The third kappa shape index (κ3) is 7.21. The first kappa shape index (κ1) is 28.7. The number of carbonyl (C=O) groups excluding carboxylic acids is 1. The molecule has 0 aliphatic carbocycles. The van der Waals surface area contributed by atoms with Crippen LogP contribution in [0.15, 0.2) is 48.8 Å². The summed E-state index contributed by atoms with van der Waals surface area (Å²) in [6.07, 6.45) is -1.22. The Hall–Kier alpha value is -4.30. The first-order valence-electron chi connectivity index (χ1n) is 12.9. The molecule has 40 heavy (non-hydrogen) atoms. The standard InChI is InChI=1S/C29H33FN6O4/c1-28(2,3)40-27(37)36-12-11-24(22(30)16-36)39-23-10-9-18(13-19(23)15-31)25-32-17-33-26(35-25)34-21-8-6-7-20(14-21)29(4,5)38/h6-10,13-14,17,22,24,38H,11-12,16H2,1-5H3,(H,32,33,34,35). The lowest BCUT2D eigenvalue weighted by Crippen LogP contribution is -2.50. The van der Waals surface area contributed by atoms with E-state index in [1.165, 1.54) is 11.2 Å². The SMILES string of the molecule is CC(C)(C)OC(=O)N1CCC(Oc2ccc(-c3ncnc(Nc4cccc(C(C)(C)O)c4)n3)cc2C#N)C(F)C1. The van der Waals surface area contributed by atoms with Gasteiger partial charge in [0.05, 0.1) is 17.7 Å². The Morgan fingerprint density at radius 3 is 2.62 bits per heavy atom. The van der Waals surface area contributed by atoms with Crippen molar-refractivity contribution in [3.8, 4) is 23.2 Å². The second-order valence-corrected chi connectivity index (χ2v) is 11.1. The Morgan fingerprint density at radius 2 is 1.95 bits per heavy atom. The number of halogens is 1. The number of anilines is 2. The second kappa shape index (κ2) is 11.4. The number of nitrogens with zero attached hydrogens (tertiary/aromatic N) is 5. The molecule has 2 heterocycles. The van der Waals surface area contributed by atoms with Crippen molar-refractivity contribution in [3.05, 3.63) is 59.9 Å². The highest BCUT2D eigenvalue weighted by atomic mass is 19.1. The summed E-state index contributed by atoms with van der Waals surface area (Å²) in [4.78, 5) is 26.5. The summed E-state index contributed by atoms with van der Waals surface area (Å²) in [7, 11) is 0. The highest BCUT2D eigenvalue weighted by molar-refractivity contribution is 5.68. The fourth-order valence-corrected chi connectivity index (χ4v) is 4.13. The quantitative estimate of drug-likeness (QED) is 0.431. The minimum Gasteiger partial charge on any atom is -0.486 e. The number of rotatable bonds is 6. The lowest BCUT2D eigenvalue weighted by atomic mass is 9.98. The number of aliphatic hydroxyl groups is 1. The molecule has 0 radical (unpaired) electrons. The number of likely N-dealkylation sites (tertiary alicyclic amines) is 1. The van der Waals surface area contributed by atoms with E-state index in [1.807, 2.05) is 18.2 Å². The molecule has 210 valence electrons. The first-order valence-corrected chi connectivity index (χ1v) is 12.9. The van der Waals surface area contributed by atoms with Crippen LogP contribution in [-0.2, 0) is 10.3 Å². The van der Waals surface area contributed by atoms with Gasteiger partial charge in [-0.1, -0.05) is 12.1 Å². The fourth-order valence-electron chi connectivity index (χ4n) is 4.13. The third-order valence-corrected chi connectivity index (χ3v) is 6.17. The van der Waals surface area contributed by atoms with E-state index in [0.717, 1.165) is 5.56 Å². The summed E-state index contributed by atoms with van der Waals surface area (Å²) in [6, 6.07) is 14.2. The summed E-state index contributed by atoms with van der Waals surface area (Å²) in [6.45, 7) is 8.80. The van der Waals surface area contributed by atoms with Gasteiger partial charge < -0.3 is 24.8 Å². The van der Waals surface area contributed by atoms with Crippen molar-refractivity contribution in [2.45, 2.75) is 64.5 Å². The minimum absolute atomic E-state index is 0.154. The van der Waals surface area contributed by atoms with E-state index in [4.69, 9.17) is 9.47 Å². The maximum Gasteiger partial charge on any atom is 0.410 e. The lowest BCUT2D eigenvalue weighted by molar-refractivity contribution is -0.0106. The number of amides is 1. The van der Waals surface area contributed by atoms with Gasteiger partial charge in [-0.05, 0) is 70.5 Å². The van der Waals surface area contributed by atoms with Crippen LogP contribution in [0.2, 0.25) is 0 Å². The average Bonchev–Trinajstić information content (AvgIpc) is 2.89. The zero-order valence-corrected chi connectivity index (χ0v) is 23.2. The van der Waals surface area contributed by atoms with Crippen molar-refractivity contribution in [2.75, 3.05) is 18.4 Å². The summed E-state index contributed by atoms with van der Waals surface area (Å²) < 4.78 is 26.2. The van der Waals surface area contributed by atoms with Crippen LogP contribution in [0.5, 0.6) is 5.75 Å². The number of nitriles is 1. The number of piperidine rings is 1. The topological polar surface area (TPSA) is 133 Å². The van der Waals surface area contributed by atoms with E-state index >= 15 is 0 Å². The van der Waals surface area contributed by atoms with Crippen LogP contribution >= 0.6 is 0 Å². The molecule has 1 amide bonds. The number of benzene rings is 2. The molecule has 1 aromatic heterocycles. The zero-order chi connectivity index (χ0) is 29.1. The molecule has 10 nitrogen and oxygen atoms in total. The van der Waals surface area contributed by atoms with Crippen LogP contribution in [0.25, 0.3) is 11.4 Å². The number of carbonyl (C=O) groups is 1. The second-order valence-electron chi connectivity index (χ2n) is 11.1. The van der Waals surface area contributed by atoms with Crippen molar-refractivity contribution in [1.82, 2.24) is 19.9 Å². The maximum atomic E-state index is 15.0. The fraction of sp³-hybridized carbons (Fsp3) is 0.414. The van der Waals surface area contributed by atoms with Crippen molar-refractivity contribution in [1.29, 1.82) is 5.26 Å². The third-order valence-electron chi connectivity index (χ3n) is 6.17. The van der Waals surface area contributed by atoms with Gasteiger partial charge in [0.2, 0.25) is 5.95 Å². The molecular formula is C29H33FN6O4. The Labute approximate surface area is 232 Å². The molecule has 1 saturated heterocycles. The Bertz CT molecular complexity index is 1410. The molecule has 0 saturated carbocycles. The lowest BCUT2D eigenvalue weighted by Gasteiger charge is -2.35. The van der Waals surface area contributed by atoms with Crippen LogP contribution in [0.3, 0.4) is 0 Å². The smallest absolute Gasteiger partial charge is 0.410 e. The number of nitrogens with one attached hydrogen (secondary N) is 1. The van der Waals surface area contributed by atoms with Crippen molar-refractivity contribution in [3.63, 3.8) is 0 Å². The van der Waals surface area contributed by atoms with Crippen LogP contribution in [0.4, 0.5) is 20.8 Å². The van der Waals surface area contributed by atoms with Crippen LogP contribution in [0.1, 0.15) is 52.2 Å². The number of aromatic nitrogens is 3. The molecule has 1 aliphatic rings. The van der Waals surface area contributed by atoms with E-state index in [9.17, 15) is 19.6 Å². The van der Waals surface area contributed by atoms with E-state index in [2.05, 4.69) is 26.3 Å². The molecular weight excluding hydrogens is 515 g/mol. The highest BCUT2D eigenvalue weighted by Gasteiger charge is 2.35. The average molecular weight is 549 g/mol. The molecule has 0 bridgehead atoms. The van der Waals surface area contributed by atoms with E-state index in [-0.39, 0.29) is 36.8 Å². The molecule has 2 unspecified atom stereocenters. The van der Waals surface area contributed by atoms with Crippen molar-refractivity contribution in [2.24, 2.45) is 0 Å². The predicted octanol–water partition coefficient (Wildman–Crippen LogP) is 5.11. The molecule has 3 aromatic rings. The van der Waals surface area contributed by atoms with E-state index in [0.29, 0.717) is 17.1 Å². The minimum atomic E-state index is -1.44. The largest absolute Gasteiger partial charge is 0.486 e. The molecule has 2 atom stereocenters. The highest BCUT2D eigenvalue weighted by Crippen LogP contribution is 2.29. The van der Waals surface area contributed by atoms with Gasteiger partial charge in [-0.3, -0.25) is 0 Å². The van der Waals surface area contributed by atoms with Gasteiger partial charge in [0.25, 0.3) is 0 Å². The van der Waals surface area contributed by atoms with Gasteiger partial charge in [-0.25, -0.2) is 19.2 Å². The molecule has 0 spiro atoms. The Balaban J connectivity index is 1.46. The van der Waals surface area contributed by atoms with Crippen LogP contribution in [0, 0.1) is 11.3 Å². The number of hydrogen-bond acceptors (Lipinski definition) is 9.